The maximum atomic E-state index is 9.99. The topological polar surface area (TPSA) is 131 Å². The van der Waals surface area contributed by atoms with Gasteiger partial charge in [-0.1, -0.05) is 0 Å². The molecule has 0 aliphatic carbocycles. The Morgan fingerprint density at radius 1 is 0.833 bits per heavy atom. The van der Waals surface area contributed by atoms with Crippen molar-refractivity contribution in [2.45, 2.75) is 27.1 Å². The van der Waals surface area contributed by atoms with E-state index in [-0.39, 0.29) is 24.7 Å². The molecule has 0 aliphatic heterocycles. The second-order valence-corrected chi connectivity index (χ2v) is 5.07. The Morgan fingerprint density at radius 3 is 1.54 bits per heavy atom. The van der Waals surface area contributed by atoms with Gasteiger partial charge in [0.2, 0.25) is 0 Å². The molecule has 8 nitrogen and oxygen atoms in total. The highest BCUT2D eigenvalue weighted by molar-refractivity contribution is 5.88. The second-order valence-electron chi connectivity index (χ2n) is 5.07. The highest BCUT2D eigenvalue weighted by Gasteiger charge is 2.10. The molecule has 24 heavy (non-hydrogen) atoms. The van der Waals surface area contributed by atoms with Gasteiger partial charge in [-0.15, -0.1) is 0 Å². The molecule has 0 atom stereocenters. The molecule has 0 saturated carbocycles. The molecule has 8 heteroatoms. The molecule has 4 N–H and O–H groups in total. The van der Waals surface area contributed by atoms with E-state index in [0.29, 0.717) is 33.6 Å². The van der Waals surface area contributed by atoms with Crippen LogP contribution in [0, 0.1) is 13.8 Å². The predicted molar refractivity (Wildman–Crippen MR) is 88.3 cm³/mol. The average molecular weight is 330 g/mol. The minimum atomic E-state index is -0.301. The third-order valence-electron chi connectivity index (χ3n) is 3.50. The monoisotopic (exact) mass is 330 g/mol. The van der Waals surface area contributed by atoms with E-state index < -0.39 is 0 Å². The number of aliphatic hydroxyl groups excluding tert-OH is 2. The van der Waals surface area contributed by atoms with Crippen molar-refractivity contribution in [3.63, 3.8) is 0 Å². The zero-order valence-corrected chi connectivity index (χ0v) is 13.3. The molecule has 0 spiro atoms. The molecule has 0 bridgehead atoms. The third kappa shape index (κ3) is 3.55. The Labute approximate surface area is 138 Å². The summed E-state index contributed by atoms with van der Waals surface area (Å²) >= 11 is 0. The van der Waals surface area contributed by atoms with Gasteiger partial charge in [0.25, 0.3) is 0 Å². The van der Waals surface area contributed by atoms with E-state index >= 15 is 0 Å². The summed E-state index contributed by atoms with van der Waals surface area (Å²) in [6, 6.07) is 0. The number of pyridine rings is 2. The fraction of sp³-hybridized carbons (Fsp3) is 0.250. The number of rotatable bonds is 5. The standard InChI is InChI=1S/C16H18N4O4/c1-9-15(23)13(11(7-21)3-17-9)5-19-20-6-14-12(8-22)4-18-10(2)16(14)24/h3-6,21-24H,7-8H2,1-2H3. The van der Waals surface area contributed by atoms with Crippen LogP contribution >= 0.6 is 0 Å². The molecule has 2 heterocycles. The number of aromatic nitrogens is 2. The third-order valence-corrected chi connectivity index (χ3v) is 3.50. The zero-order chi connectivity index (χ0) is 17.7. The average Bonchev–Trinajstić information content (AvgIpc) is 2.58. The minimum Gasteiger partial charge on any atom is -0.505 e. The van der Waals surface area contributed by atoms with Gasteiger partial charge < -0.3 is 20.4 Å². The van der Waals surface area contributed by atoms with Crippen molar-refractivity contribution >= 4 is 12.4 Å². The molecule has 0 radical (unpaired) electrons. The Hall–Kier alpha value is -2.84. The zero-order valence-electron chi connectivity index (χ0n) is 13.3. The highest BCUT2D eigenvalue weighted by Crippen LogP contribution is 2.23. The number of aromatic hydroxyl groups is 2. The Balaban J connectivity index is 2.32. The van der Waals surface area contributed by atoms with E-state index in [1.165, 1.54) is 24.8 Å². The Morgan fingerprint density at radius 2 is 1.21 bits per heavy atom. The van der Waals surface area contributed by atoms with E-state index in [9.17, 15) is 20.4 Å². The molecule has 0 amide bonds. The summed E-state index contributed by atoms with van der Waals surface area (Å²) in [5.74, 6) is -0.168. The molecule has 0 unspecified atom stereocenters. The first-order valence-electron chi connectivity index (χ1n) is 7.12. The van der Waals surface area contributed by atoms with Gasteiger partial charge in [0.1, 0.15) is 11.5 Å². The normalized spacial score (nSPS) is 11.7. The van der Waals surface area contributed by atoms with E-state index in [2.05, 4.69) is 20.2 Å². The Kier molecular flexibility index (Phi) is 5.56. The maximum absolute atomic E-state index is 9.99. The van der Waals surface area contributed by atoms with Gasteiger partial charge in [0.05, 0.1) is 37.0 Å². The fourth-order valence-corrected chi connectivity index (χ4v) is 2.03. The van der Waals surface area contributed by atoms with Crippen LogP contribution in [0.4, 0.5) is 0 Å². The summed E-state index contributed by atoms with van der Waals surface area (Å²) in [7, 11) is 0. The van der Waals surface area contributed by atoms with Gasteiger partial charge in [0, 0.05) is 34.6 Å². The van der Waals surface area contributed by atoms with Crippen LogP contribution < -0.4 is 0 Å². The van der Waals surface area contributed by atoms with Crippen LogP contribution in [0.1, 0.15) is 33.6 Å². The molecular weight excluding hydrogens is 312 g/mol. The summed E-state index contributed by atoms with van der Waals surface area (Å²) in [4.78, 5) is 7.90. The molecular formula is C16H18N4O4. The van der Waals surface area contributed by atoms with Gasteiger partial charge in [-0.2, -0.15) is 10.2 Å². The lowest BCUT2D eigenvalue weighted by Gasteiger charge is -2.07. The first kappa shape index (κ1) is 17.5. The van der Waals surface area contributed by atoms with Crippen molar-refractivity contribution in [1.82, 2.24) is 9.97 Å². The van der Waals surface area contributed by atoms with Gasteiger partial charge in [-0.25, -0.2) is 0 Å². The van der Waals surface area contributed by atoms with E-state index in [0.717, 1.165) is 0 Å². The number of hydrogen-bond acceptors (Lipinski definition) is 8. The smallest absolute Gasteiger partial charge is 0.145 e. The van der Waals surface area contributed by atoms with Crippen molar-refractivity contribution in [2.24, 2.45) is 10.2 Å². The Bertz CT molecular complexity index is 736. The van der Waals surface area contributed by atoms with Crippen molar-refractivity contribution in [1.29, 1.82) is 0 Å². The SMILES string of the molecule is Cc1ncc(CO)c(C=NN=Cc2c(CO)cnc(C)c2O)c1O. The van der Waals surface area contributed by atoms with E-state index in [4.69, 9.17) is 0 Å². The summed E-state index contributed by atoms with van der Waals surface area (Å²) in [6.07, 6.45) is 5.47. The summed E-state index contributed by atoms with van der Waals surface area (Å²) in [5, 5.41) is 46.2. The van der Waals surface area contributed by atoms with Crippen LogP contribution in [0.2, 0.25) is 0 Å². The van der Waals surface area contributed by atoms with Gasteiger partial charge in [-0.05, 0) is 13.8 Å². The van der Waals surface area contributed by atoms with Crippen LogP contribution in [-0.2, 0) is 13.2 Å². The number of aliphatic hydroxyl groups is 2. The summed E-state index contributed by atoms with van der Waals surface area (Å²) in [5.41, 5.74) is 2.27. The van der Waals surface area contributed by atoms with Crippen molar-refractivity contribution in [3.05, 3.63) is 46.0 Å². The minimum absolute atomic E-state index is 0.0841. The van der Waals surface area contributed by atoms with Gasteiger partial charge in [-0.3, -0.25) is 9.97 Å². The molecule has 2 aromatic rings. The number of nitrogens with zero attached hydrogens (tertiary/aromatic N) is 4. The summed E-state index contributed by atoms with van der Waals surface area (Å²) in [6.45, 7) is 2.65. The lowest BCUT2D eigenvalue weighted by molar-refractivity contribution is 0.280. The highest BCUT2D eigenvalue weighted by atomic mass is 16.3. The van der Waals surface area contributed by atoms with Crippen LogP contribution in [0.15, 0.2) is 22.6 Å². The van der Waals surface area contributed by atoms with Crippen molar-refractivity contribution in [3.8, 4) is 11.5 Å². The second kappa shape index (κ2) is 7.62. The molecule has 2 rings (SSSR count). The van der Waals surface area contributed by atoms with Crippen LogP contribution in [0.3, 0.4) is 0 Å². The van der Waals surface area contributed by atoms with Crippen LogP contribution in [-0.4, -0.2) is 42.8 Å². The molecule has 126 valence electrons. The largest absolute Gasteiger partial charge is 0.505 e. The fourth-order valence-electron chi connectivity index (χ4n) is 2.03. The first-order valence-corrected chi connectivity index (χ1v) is 7.12. The molecule has 0 fully saturated rings. The van der Waals surface area contributed by atoms with Gasteiger partial charge in [0.15, 0.2) is 0 Å². The first-order chi connectivity index (χ1) is 11.5. The molecule has 0 aliphatic rings. The van der Waals surface area contributed by atoms with E-state index in [1.54, 1.807) is 13.8 Å². The molecule has 0 aromatic carbocycles. The lowest BCUT2D eigenvalue weighted by Crippen LogP contribution is -1.98. The molecule has 2 aromatic heterocycles. The number of aryl methyl sites for hydroxylation is 2. The van der Waals surface area contributed by atoms with Crippen molar-refractivity contribution < 1.29 is 20.4 Å². The molecule has 0 saturated heterocycles. The van der Waals surface area contributed by atoms with Gasteiger partial charge >= 0.3 is 0 Å². The van der Waals surface area contributed by atoms with Crippen molar-refractivity contribution in [2.75, 3.05) is 0 Å². The maximum Gasteiger partial charge on any atom is 0.145 e. The predicted octanol–water partition coefficient (Wildman–Crippen LogP) is 0.942. The van der Waals surface area contributed by atoms with E-state index in [1.807, 2.05) is 0 Å². The summed E-state index contributed by atoms with van der Waals surface area (Å²) < 4.78 is 0. The number of hydrogen-bond donors (Lipinski definition) is 4. The van der Waals surface area contributed by atoms with Crippen LogP contribution in [0.5, 0.6) is 11.5 Å². The van der Waals surface area contributed by atoms with Crippen LogP contribution in [0.25, 0.3) is 0 Å². The quantitative estimate of drug-likeness (QED) is 0.476. The lowest BCUT2D eigenvalue weighted by atomic mass is 10.1.